The maximum Gasteiger partial charge on any atom is 0.210 e. The van der Waals surface area contributed by atoms with Gasteiger partial charge in [0, 0.05) is 11.7 Å². The molecule has 1 aromatic rings. The van der Waals surface area contributed by atoms with Crippen molar-refractivity contribution in [2.75, 3.05) is 5.32 Å². The highest BCUT2D eigenvalue weighted by molar-refractivity contribution is 5.93. The van der Waals surface area contributed by atoms with Gasteiger partial charge in [0.2, 0.25) is 5.96 Å². The predicted molar refractivity (Wildman–Crippen MR) is 67.2 cm³/mol. The summed E-state index contributed by atoms with van der Waals surface area (Å²) in [7, 11) is 0. The summed E-state index contributed by atoms with van der Waals surface area (Å²) in [5.41, 5.74) is 5.35. The van der Waals surface area contributed by atoms with Crippen molar-refractivity contribution in [3.05, 3.63) is 23.5 Å². The maximum atomic E-state index is 5.39. The fraction of sp³-hybridized carbons (Fsp3) is 0.455. The zero-order valence-electron chi connectivity index (χ0n) is 10.2. The molecule has 1 aromatic heterocycles. The minimum Gasteiger partial charge on any atom is -0.324 e. The van der Waals surface area contributed by atoms with E-state index >= 15 is 0 Å². The number of hydrogen-bond donors (Lipinski definition) is 3. The molecule has 16 heavy (non-hydrogen) atoms. The van der Waals surface area contributed by atoms with E-state index in [0.29, 0.717) is 5.96 Å². The Morgan fingerprint density at radius 3 is 2.56 bits per heavy atom. The zero-order chi connectivity index (χ0) is 12.1. The molecule has 0 atom stereocenters. The fourth-order valence-corrected chi connectivity index (χ4v) is 1.31. The number of rotatable bonds is 2. The van der Waals surface area contributed by atoms with Gasteiger partial charge in [-0.15, -0.1) is 0 Å². The average Bonchev–Trinajstić information content (AvgIpc) is 2.20. The summed E-state index contributed by atoms with van der Waals surface area (Å²) < 4.78 is 0. The first-order valence-corrected chi connectivity index (χ1v) is 5.28. The van der Waals surface area contributed by atoms with Crippen molar-refractivity contribution in [3.8, 4) is 0 Å². The van der Waals surface area contributed by atoms with Gasteiger partial charge in [0.15, 0.2) is 0 Å². The molecule has 0 unspecified atom stereocenters. The smallest absolute Gasteiger partial charge is 0.210 e. The molecule has 0 spiro atoms. The third-order valence-electron chi connectivity index (χ3n) is 2.00. The van der Waals surface area contributed by atoms with Gasteiger partial charge in [0.1, 0.15) is 0 Å². The van der Waals surface area contributed by atoms with Crippen LogP contribution in [-0.2, 0) is 0 Å². The van der Waals surface area contributed by atoms with Crippen molar-refractivity contribution < 1.29 is 0 Å². The third kappa shape index (κ3) is 3.51. The fourth-order valence-electron chi connectivity index (χ4n) is 1.31. The number of anilines is 1. The molecule has 0 fully saturated rings. The van der Waals surface area contributed by atoms with Crippen LogP contribution in [0.5, 0.6) is 0 Å². The van der Waals surface area contributed by atoms with E-state index in [2.05, 4.69) is 20.7 Å². The number of aryl methyl sites for hydroxylation is 2. The van der Waals surface area contributed by atoms with E-state index in [4.69, 9.17) is 5.84 Å². The molecule has 5 heteroatoms. The van der Waals surface area contributed by atoms with Crippen molar-refractivity contribution >= 4 is 11.6 Å². The summed E-state index contributed by atoms with van der Waals surface area (Å²) >= 11 is 0. The van der Waals surface area contributed by atoms with Crippen molar-refractivity contribution in [2.45, 2.75) is 33.7 Å². The molecule has 0 aliphatic carbocycles. The minimum absolute atomic E-state index is 0.178. The molecule has 0 radical (unpaired) electrons. The molecule has 0 aromatic carbocycles. The number of guanidine groups is 1. The monoisotopic (exact) mass is 221 g/mol. The van der Waals surface area contributed by atoms with E-state index in [-0.39, 0.29) is 6.04 Å². The van der Waals surface area contributed by atoms with Gasteiger partial charge in [-0.1, -0.05) is 0 Å². The molecule has 0 aliphatic rings. The van der Waals surface area contributed by atoms with E-state index in [0.717, 1.165) is 17.1 Å². The quantitative estimate of drug-likeness (QED) is 0.305. The van der Waals surface area contributed by atoms with Crippen molar-refractivity contribution in [1.29, 1.82) is 0 Å². The Labute approximate surface area is 96.1 Å². The van der Waals surface area contributed by atoms with E-state index in [9.17, 15) is 0 Å². The number of pyridine rings is 1. The molecule has 1 rings (SSSR count). The predicted octanol–water partition coefficient (Wildman–Crippen LogP) is 1.34. The second-order valence-corrected chi connectivity index (χ2v) is 3.93. The van der Waals surface area contributed by atoms with Crippen molar-refractivity contribution in [1.82, 2.24) is 10.4 Å². The summed E-state index contributed by atoms with van der Waals surface area (Å²) in [5, 5.41) is 3.11. The highest BCUT2D eigenvalue weighted by atomic mass is 15.3. The number of aromatic nitrogens is 1. The van der Waals surface area contributed by atoms with Crippen LogP contribution in [0.25, 0.3) is 0 Å². The molecule has 0 bridgehead atoms. The molecule has 88 valence electrons. The Hall–Kier alpha value is -1.62. The standard InChI is InChI=1S/C11H19N5/c1-7(2)13-11(16-12)15-10-6-5-8(3)14-9(10)4/h5-7H,12H2,1-4H3,(H2,13,15,16). The first-order valence-electron chi connectivity index (χ1n) is 5.28. The number of hydrazine groups is 1. The molecular weight excluding hydrogens is 202 g/mol. The summed E-state index contributed by atoms with van der Waals surface area (Å²) in [5.74, 6) is 5.93. The van der Waals surface area contributed by atoms with Crippen LogP contribution in [0.1, 0.15) is 25.2 Å². The highest BCUT2D eigenvalue weighted by Gasteiger charge is 2.03. The molecule has 1 heterocycles. The number of aliphatic imine (C=N–C) groups is 1. The molecular formula is C11H19N5. The molecule has 0 aliphatic heterocycles. The summed E-state index contributed by atoms with van der Waals surface area (Å²) in [6.45, 7) is 7.87. The Kier molecular flexibility index (Phi) is 4.25. The van der Waals surface area contributed by atoms with Gasteiger partial charge >= 0.3 is 0 Å². The second-order valence-electron chi connectivity index (χ2n) is 3.93. The van der Waals surface area contributed by atoms with E-state index in [1.807, 2.05) is 39.8 Å². The first kappa shape index (κ1) is 12.4. The van der Waals surface area contributed by atoms with Gasteiger partial charge in [0.05, 0.1) is 11.4 Å². The van der Waals surface area contributed by atoms with Gasteiger partial charge < -0.3 is 5.32 Å². The number of nitrogens with one attached hydrogen (secondary N) is 2. The van der Waals surface area contributed by atoms with Crippen LogP contribution < -0.4 is 16.6 Å². The molecule has 5 nitrogen and oxygen atoms in total. The van der Waals surface area contributed by atoms with Gasteiger partial charge in [-0.05, 0) is 39.8 Å². The van der Waals surface area contributed by atoms with Crippen LogP contribution in [0.3, 0.4) is 0 Å². The lowest BCUT2D eigenvalue weighted by Crippen LogP contribution is -2.37. The van der Waals surface area contributed by atoms with Crippen LogP contribution in [0.2, 0.25) is 0 Å². The summed E-state index contributed by atoms with van der Waals surface area (Å²) in [6.07, 6.45) is 0. The van der Waals surface area contributed by atoms with Crippen LogP contribution in [0.4, 0.5) is 5.69 Å². The van der Waals surface area contributed by atoms with Crippen LogP contribution in [-0.4, -0.2) is 17.0 Å². The minimum atomic E-state index is 0.178. The molecule has 0 saturated heterocycles. The van der Waals surface area contributed by atoms with Gasteiger partial charge in [-0.25, -0.2) is 10.8 Å². The van der Waals surface area contributed by atoms with Crippen molar-refractivity contribution in [3.63, 3.8) is 0 Å². The van der Waals surface area contributed by atoms with Crippen LogP contribution in [0, 0.1) is 13.8 Å². The van der Waals surface area contributed by atoms with E-state index in [1.54, 1.807) is 0 Å². The Bertz CT molecular complexity index is 384. The third-order valence-corrected chi connectivity index (χ3v) is 2.00. The lowest BCUT2D eigenvalue weighted by Gasteiger charge is -2.12. The lowest BCUT2D eigenvalue weighted by molar-refractivity contribution is 0.818. The Balaban J connectivity index is 2.86. The zero-order valence-corrected chi connectivity index (χ0v) is 10.2. The van der Waals surface area contributed by atoms with Crippen LogP contribution >= 0.6 is 0 Å². The van der Waals surface area contributed by atoms with Crippen molar-refractivity contribution in [2.24, 2.45) is 10.8 Å². The van der Waals surface area contributed by atoms with Gasteiger partial charge in [0.25, 0.3) is 0 Å². The number of hydrogen-bond acceptors (Lipinski definition) is 3. The maximum absolute atomic E-state index is 5.39. The Morgan fingerprint density at radius 2 is 2.06 bits per heavy atom. The lowest BCUT2D eigenvalue weighted by atomic mass is 10.3. The number of nitrogens with zero attached hydrogens (tertiary/aromatic N) is 2. The molecule has 0 amide bonds. The molecule has 4 N–H and O–H groups in total. The first-order chi connectivity index (χ1) is 7.52. The topological polar surface area (TPSA) is 75.3 Å². The van der Waals surface area contributed by atoms with Gasteiger partial charge in [-0.3, -0.25) is 10.4 Å². The van der Waals surface area contributed by atoms with Crippen LogP contribution in [0.15, 0.2) is 17.1 Å². The Morgan fingerprint density at radius 1 is 1.38 bits per heavy atom. The average molecular weight is 221 g/mol. The van der Waals surface area contributed by atoms with E-state index in [1.165, 1.54) is 0 Å². The van der Waals surface area contributed by atoms with Gasteiger partial charge in [-0.2, -0.15) is 0 Å². The summed E-state index contributed by atoms with van der Waals surface area (Å²) in [4.78, 5) is 8.65. The second kappa shape index (κ2) is 5.46. The largest absolute Gasteiger partial charge is 0.324 e. The SMILES string of the molecule is Cc1ccc(NC(=NC(C)C)NN)c(C)n1. The normalized spacial score (nSPS) is 11.8. The number of nitrogens with two attached hydrogens (primary N) is 1. The highest BCUT2D eigenvalue weighted by Crippen LogP contribution is 2.12. The summed E-state index contributed by atoms with van der Waals surface area (Å²) in [6, 6.07) is 4.08. The molecule has 0 saturated carbocycles. The van der Waals surface area contributed by atoms with E-state index < -0.39 is 0 Å².